The SMILES string of the molecule is CC[C@H](CNC(=O)[C@@H](C)OC(=O)/C=C/c1cccs1)c1ccccc1. The van der Waals surface area contributed by atoms with Crippen molar-refractivity contribution in [2.24, 2.45) is 0 Å². The number of rotatable bonds is 8. The number of nitrogens with one attached hydrogen (secondary N) is 1. The molecule has 0 saturated carbocycles. The van der Waals surface area contributed by atoms with Crippen molar-refractivity contribution in [3.8, 4) is 0 Å². The van der Waals surface area contributed by atoms with Crippen LogP contribution in [0.1, 0.15) is 36.6 Å². The highest BCUT2D eigenvalue weighted by Crippen LogP contribution is 2.18. The van der Waals surface area contributed by atoms with Crippen molar-refractivity contribution in [1.29, 1.82) is 0 Å². The fourth-order valence-electron chi connectivity index (χ4n) is 2.39. The molecule has 1 N–H and O–H groups in total. The van der Waals surface area contributed by atoms with Crippen LogP contribution in [0.15, 0.2) is 53.9 Å². The highest BCUT2D eigenvalue weighted by molar-refractivity contribution is 7.10. The van der Waals surface area contributed by atoms with Crippen molar-refractivity contribution in [3.63, 3.8) is 0 Å². The van der Waals surface area contributed by atoms with Gasteiger partial charge in [0.25, 0.3) is 5.91 Å². The molecule has 0 aliphatic carbocycles. The molecule has 4 nitrogen and oxygen atoms in total. The van der Waals surface area contributed by atoms with Gasteiger partial charge in [0.05, 0.1) is 0 Å². The summed E-state index contributed by atoms with van der Waals surface area (Å²) in [7, 11) is 0. The average Bonchev–Trinajstić information content (AvgIpc) is 3.14. The third-order valence-electron chi connectivity index (χ3n) is 3.88. The van der Waals surface area contributed by atoms with Gasteiger partial charge in [-0.05, 0) is 36.4 Å². The summed E-state index contributed by atoms with van der Waals surface area (Å²) >= 11 is 1.53. The third-order valence-corrected chi connectivity index (χ3v) is 4.71. The second-order valence-corrected chi connectivity index (χ2v) is 6.67. The van der Waals surface area contributed by atoms with Crippen molar-refractivity contribution < 1.29 is 14.3 Å². The fraction of sp³-hybridized carbons (Fsp3) is 0.300. The number of esters is 1. The van der Waals surface area contributed by atoms with Gasteiger partial charge in [0.1, 0.15) is 0 Å². The number of hydrogen-bond donors (Lipinski definition) is 1. The quantitative estimate of drug-likeness (QED) is 0.574. The van der Waals surface area contributed by atoms with E-state index in [1.54, 1.807) is 13.0 Å². The molecule has 0 bridgehead atoms. The Balaban J connectivity index is 1.80. The number of hydrogen-bond acceptors (Lipinski definition) is 4. The first-order valence-corrected chi connectivity index (χ1v) is 9.23. The maximum Gasteiger partial charge on any atom is 0.331 e. The maximum absolute atomic E-state index is 12.2. The van der Waals surface area contributed by atoms with Crippen molar-refractivity contribution in [1.82, 2.24) is 5.32 Å². The molecule has 1 aromatic heterocycles. The standard InChI is InChI=1S/C20H23NO3S/c1-3-16(17-8-5-4-6-9-17)14-21-20(23)15(2)24-19(22)12-11-18-10-7-13-25-18/h4-13,15-16H,3,14H2,1-2H3,(H,21,23)/b12-11+/t15-,16-/m1/s1. The zero-order chi connectivity index (χ0) is 18.1. The summed E-state index contributed by atoms with van der Waals surface area (Å²) in [5.41, 5.74) is 1.19. The molecule has 0 radical (unpaired) electrons. The topological polar surface area (TPSA) is 55.4 Å². The Morgan fingerprint density at radius 3 is 2.60 bits per heavy atom. The van der Waals surface area contributed by atoms with Crippen molar-refractivity contribution in [2.75, 3.05) is 6.54 Å². The van der Waals surface area contributed by atoms with E-state index in [-0.39, 0.29) is 11.8 Å². The average molecular weight is 357 g/mol. The molecule has 0 unspecified atom stereocenters. The molecule has 132 valence electrons. The molecule has 1 heterocycles. The van der Waals surface area contributed by atoms with Gasteiger partial charge < -0.3 is 10.1 Å². The summed E-state index contributed by atoms with van der Waals surface area (Å²) in [4.78, 5) is 24.9. The summed E-state index contributed by atoms with van der Waals surface area (Å²) in [5.74, 6) is -0.565. The first-order valence-electron chi connectivity index (χ1n) is 8.35. The van der Waals surface area contributed by atoms with Gasteiger partial charge in [-0.1, -0.05) is 43.3 Å². The van der Waals surface area contributed by atoms with E-state index in [1.807, 2.05) is 35.7 Å². The lowest BCUT2D eigenvalue weighted by Gasteiger charge is -2.18. The van der Waals surface area contributed by atoms with Gasteiger partial charge in [0.15, 0.2) is 6.10 Å². The maximum atomic E-state index is 12.2. The number of benzene rings is 1. The lowest BCUT2D eigenvalue weighted by Crippen LogP contribution is -2.37. The largest absolute Gasteiger partial charge is 0.449 e. The van der Waals surface area contributed by atoms with E-state index in [9.17, 15) is 9.59 Å². The highest BCUT2D eigenvalue weighted by atomic mass is 32.1. The summed E-state index contributed by atoms with van der Waals surface area (Å²) in [6.45, 7) is 4.19. The van der Waals surface area contributed by atoms with Crippen LogP contribution in [0.5, 0.6) is 0 Å². The van der Waals surface area contributed by atoms with Crippen LogP contribution < -0.4 is 5.32 Å². The van der Waals surface area contributed by atoms with Crippen LogP contribution in [0.2, 0.25) is 0 Å². The summed E-state index contributed by atoms with van der Waals surface area (Å²) < 4.78 is 5.15. The lowest BCUT2D eigenvalue weighted by molar-refractivity contribution is -0.150. The number of amides is 1. The van der Waals surface area contributed by atoms with Crippen molar-refractivity contribution in [2.45, 2.75) is 32.3 Å². The van der Waals surface area contributed by atoms with Crippen LogP contribution in [0, 0.1) is 0 Å². The first kappa shape index (κ1) is 18.9. The van der Waals surface area contributed by atoms with E-state index in [1.165, 1.54) is 23.0 Å². The Kier molecular flexibility index (Phi) is 7.41. The van der Waals surface area contributed by atoms with Crippen molar-refractivity contribution >= 4 is 29.3 Å². The van der Waals surface area contributed by atoms with E-state index in [4.69, 9.17) is 4.74 Å². The fourth-order valence-corrected chi connectivity index (χ4v) is 3.01. The molecule has 0 saturated heterocycles. The summed E-state index contributed by atoms with van der Waals surface area (Å²) in [5, 5.41) is 4.80. The van der Waals surface area contributed by atoms with E-state index in [0.29, 0.717) is 6.54 Å². The van der Waals surface area contributed by atoms with Crippen LogP contribution in [0.4, 0.5) is 0 Å². The minimum absolute atomic E-state index is 0.242. The monoisotopic (exact) mass is 357 g/mol. The van der Waals surface area contributed by atoms with Gasteiger partial charge in [-0.15, -0.1) is 11.3 Å². The second kappa shape index (κ2) is 9.79. The second-order valence-electron chi connectivity index (χ2n) is 5.69. The lowest BCUT2D eigenvalue weighted by atomic mass is 9.96. The Bertz CT molecular complexity index is 695. The minimum Gasteiger partial charge on any atom is -0.449 e. The smallest absolute Gasteiger partial charge is 0.331 e. The molecule has 2 rings (SSSR count). The normalized spacial score (nSPS) is 13.4. The molecule has 0 aliphatic heterocycles. The Hall–Kier alpha value is -2.40. The van der Waals surface area contributed by atoms with Gasteiger partial charge in [0.2, 0.25) is 0 Å². The summed E-state index contributed by atoms with van der Waals surface area (Å²) in [6, 6.07) is 13.9. The molecule has 1 aromatic carbocycles. The molecule has 0 fully saturated rings. The molecule has 1 amide bonds. The molecule has 25 heavy (non-hydrogen) atoms. The molecule has 5 heteroatoms. The predicted octanol–water partition coefficient (Wildman–Crippen LogP) is 4.00. The molecular weight excluding hydrogens is 334 g/mol. The van der Waals surface area contributed by atoms with Crippen LogP contribution >= 0.6 is 11.3 Å². The van der Waals surface area contributed by atoms with Crippen LogP contribution in [0.25, 0.3) is 6.08 Å². The van der Waals surface area contributed by atoms with Gasteiger partial charge in [-0.25, -0.2) is 4.79 Å². The molecule has 2 atom stereocenters. The number of carbonyl (C=O) groups is 2. The van der Waals surface area contributed by atoms with E-state index in [2.05, 4.69) is 24.4 Å². The van der Waals surface area contributed by atoms with E-state index in [0.717, 1.165) is 11.3 Å². The Morgan fingerprint density at radius 1 is 1.20 bits per heavy atom. The van der Waals surface area contributed by atoms with Gasteiger partial charge >= 0.3 is 5.97 Å². The van der Waals surface area contributed by atoms with Crippen LogP contribution in [0.3, 0.4) is 0 Å². The zero-order valence-corrected chi connectivity index (χ0v) is 15.3. The van der Waals surface area contributed by atoms with Gasteiger partial charge in [0, 0.05) is 23.4 Å². The Labute approximate surface area is 152 Å². The minimum atomic E-state index is -0.825. The van der Waals surface area contributed by atoms with Crippen molar-refractivity contribution in [3.05, 3.63) is 64.4 Å². The number of thiophene rings is 1. The predicted molar refractivity (Wildman–Crippen MR) is 101 cm³/mol. The summed E-state index contributed by atoms with van der Waals surface area (Å²) in [6.07, 6.45) is 3.12. The van der Waals surface area contributed by atoms with Gasteiger partial charge in [-0.3, -0.25) is 4.79 Å². The van der Waals surface area contributed by atoms with Crippen LogP contribution in [-0.2, 0) is 14.3 Å². The van der Waals surface area contributed by atoms with Gasteiger partial charge in [-0.2, -0.15) is 0 Å². The number of carbonyl (C=O) groups excluding carboxylic acids is 2. The highest BCUT2D eigenvalue weighted by Gasteiger charge is 2.18. The zero-order valence-electron chi connectivity index (χ0n) is 14.5. The van der Waals surface area contributed by atoms with Crippen LogP contribution in [-0.4, -0.2) is 24.5 Å². The molecule has 2 aromatic rings. The van der Waals surface area contributed by atoms with E-state index < -0.39 is 12.1 Å². The first-order chi connectivity index (χ1) is 12.1. The third kappa shape index (κ3) is 6.19. The number of ether oxygens (including phenoxy) is 1. The van der Waals surface area contributed by atoms with E-state index >= 15 is 0 Å². The Morgan fingerprint density at radius 2 is 1.96 bits per heavy atom. The molecule has 0 spiro atoms. The molecular formula is C20H23NO3S. The molecule has 0 aliphatic rings.